The van der Waals surface area contributed by atoms with Crippen LogP contribution in [0.2, 0.25) is 18.6 Å². The first kappa shape index (κ1) is 27.7. The lowest BCUT2D eigenvalue weighted by molar-refractivity contribution is -0.135. The summed E-state index contributed by atoms with van der Waals surface area (Å²) in [5.41, 5.74) is 1.60. The SMILES string of the molecule is C[C@@H]1[C@@H]([Si](C)(C)O)[C@H](CC(=O)N2CCC[C@H]2CO)O[C@@H]1CCc1cccc(-n2ncc3ccccc3c2=O)c1. The van der Waals surface area contributed by atoms with Gasteiger partial charge in [-0.25, -0.2) is 0 Å². The summed E-state index contributed by atoms with van der Waals surface area (Å²) in [5, 5.41) is 15.5. The van der Waals surface area contributed by atoms with E-state index in [1.807, 2.05) is 61.6 Å². The molecule has 1 aromatic heterocycles. The molecule has 5 rings (SSSR count). The molecule has 3 heterocycles. The van der Waals surface area contributed by atoms with Crippen LogP contribution in [-0.4, -0.2) is 70.2 Å². The third-order valence-electron chi connectivity index (χ3n) is 8.57. The van der Waals surface area contributed by atoms with Crippen molar-refractivity contribution in [3.8, 4) is 5.69 Å². The van der Waals surface area contributed by atoms with Gasteiger partial charge in [0.15, 0.2) is 8.32 Å². The standard InChI is InChI=1S/C30H39N3O5Si/c1-20-26(38-27(29(20)39(2,3)37)17-28(35)32-15-7-11-24(32)19-34)14-13-21-8-6-10-23(16-21)33-30(36)25-12-5-4-9-22(25)18-31-33/h4-6,8-10,12,16,18,20,24,26-27,29,34,37H,7,11,13-15,17,19H2,1-3H3/t20-,24-,26+,27-,29+/m0/s1. The van der Waals surface area contributed by atoms with Gasteiger partial charge in [0, 0.05) is 17.5 Å². The van der Waals surface area contributed by atoms with Gasteiger partial charge in [0.1, 0.15) is 0 Å². The number of likely N-dealkylation sites (tertiary alicyclic amines) is 1. The number of aliphatic hydroxyl groups is 1. The summed E-state index contributed by atoms with van der Waals surface area (Å²) in [6.45, 7) is 6.65. The maximum atomic E-state index is 13.2. The van der Waals surface area contributed by atoms with E-state index >= 15 is 0 Å². The number of aryl methyl sites for hydroxylation is 1. The molecule has 3 aromatic rings. The highest BCUT2D eigenvalue weighted by Crippen LogP contribution is 2.45. The predicted octanol–water partition coefficient (Wildman–Crippen LogP) is 3.66. The number of rotatable bonds is 8. The number of carbonyl (C=O) groups excluding carboxylic acids is 1. The van der Waals surface area contributed by atoms with E-state index in [0.29, 0.717) is 11.9 Å². The molecule has 2 aliphatic rings. The molecule has 2 saturated heterocycles. The highest BCUT2D eigenvalue weighted by atomic mass is 28.4. The van der Waals surface area contributed by atoms with Gasteiger partial charge in [0.2, 0.25) is 5.91 Å². The smallest absolute Gasteiger partial charge is 0.279 e. The number of benzene rings is 2. The molecule has 39 heavy (non-hydrogen) atoms. The molecular formula is C30H39N3O5Si. The van der Waals surface area contributed by atoms with E-state index in [9.17, 15) is 19.5 Å². The van der Waals surface area contributed by atoms with Crippen LogP contribution in [0.15, 0.2) is 59.5 Å². The number of nitrogens with zero attached hydrogens (tertiary/aromatic N) is 3. The molecule has 9 heteroatoms. The molecule has 2 fully saturated rings. The van der Waals surface area contributed by atoms with Gasteiger partial charge in [-0.1, -0.05) is 37.3 Å². The summed E-state index contributed by atoms with van der Waals surface area (Å²) >= 11 is 0. The van der Waals surface area contributed by atoms with Gasteiger partial charge in [-0.3, -0.25) is 9.59 Å². The Balaban J connectivity index is 1.30. The molecule has 0 radical (unpaired) electrons. The largest absolute Gasteiger partial charge is 0.432 e. The molecule has 2 aromatic carbocycles. The van der Waals surface area contributed by atoms with E-state index in [1.54, 1.807) is 11.1 Å². The van der Waals surface area contributed by atoms with Crippen molar-refractivity contribution in [2.45, 2.75) is 75.9 Å². The van der Waals surface area contributed by atoms with Crippen molar-refractivity contribution in [1.29, 1.82) is 0 Å². The molecule has 1 amide bonds. The van der Waals surface area contributed by atoms with E-state index in [0.717, 1.165) is 42.3 Å². The van der Waals surface area contributed by atoms with Crippen LogP contribution in [0.1, 0.15) is 38.2 Å². The fourth-order valence-corrected chi connectivity index (χ4v) is 9.29. The first-order valence-corrected chi connectivity index (χ1v) is 17.0. The van der Waals surface area contributed by atoms with Crippen LogP contribution in [0.25, 0.3) is 16.5 Å². The molecule has 8 nitrogen and oxygen atoms in total. The molecule has 0 spiro atoms. The number of ether oxygens (including phenoxy) is 1. The Morgan fingerprint density at radius 1 is 1.15 bits per heavy atom. The summed E-state index contributed by atoms with van der Waals surface area (Å²) in [6.07, 6.45) is 4.78. The molecule has 0 aliphatic carbocycles. The van der Waals surface area contributed by atoms with Crippen LogP contribution in [0.3, 0.4) is 0 Å². The molecule has 208 valence electrons. The van der Waals surface area contributed by atoms with Gasteiger partial charge in [-0.15, -0.1) is 0 Å². The molecule has 2 aliphatic heterocycles. The molecule has 5 atom stereocenters. The number of hydrogen-bond donors (Lipinski definition) is 2. The fraction of sp³-hybridized carbons (Fsp3) is 0.500. The van der Waals surface area contributed by atoms with Crippen molar-refractivity contribution in [2.75, 3.05) is 13.2 Å². The lowest BCUT2D eigenvalue weighted by Gasteiger charge is -2.31. The second kappa shape index (κ2) is 11.3. The Kier molecular flexibility index (Phi) is 8.05. The average molecular weight is 550 g/mol. The van der Waals surface area contributed by atoms with Gasteiger partial charge in [0.25, 0.3) is 5.56 Å². The van der Waals surface area contributed by atoms with Crippen LogP contribution in [-0.2, 0) is 16.0 Å². The molecule has 0 saturated carbocycles. The summed E-state index contributed by atoms with van der Waals surface area (Å²) in [4.78, 5) is 39.2. The van der Waals surface area contributed by atoms with Gasteiger partial charge in [-0.05, 0) is 68.5 Å². The second-order valence-electron chi connectivity index (χ2n) is 11.7. The number of aromatic nitrogens is 2. The van der Waals surface area contributed by atoms with Gasteiger partial charge < -0.3 is 19.5 Å². The molecule has 0 unspecified atom stereocenters. The zero-order chi connectivity index (χ0) is 27.7. The Morgan fingerprint density at radius 2 is 1.95 bits per heavy atom. The van der Waals surface area contributed by atoms with Gasteiger partial charge in [-0.2, -0.15) is 9.78 Å². The Hall–Kier alpha value is -2.85. The second-order valence-corrected chi connectivity index (χ2v) is 15.7. The first-order valence-electron chi connectivity index (χ1n) is 14.0. The Labute approximate surface area is 230 Å². The number of hydrogen-bond acceptors (Lipinski definition) is 6. The fourth-order valence-electron chi connectivity index (χ4n) is 6.68. The minimum atomic E-state index is -2.61. The first-order chi connectivity index (χ1) is 18.7. The van der Waals surface area contributed by atoms with Gasteiger partial charge in [0.05, 0.1) is 48.5 Å². The van der Waals surface area contributed by atoms with Crippen LogP contribution in [0.5, 0.6) is 0 Å². The topological polar surface area (TPSA) is 105 Å². The summed E-state index contributed by atoms with van der Waals surface area (Å²) in [6, 6.07) is 15.2. The zero-order valence-electron chi connectivity index (χ0n) is 23.0. The number of amides is 1. The summed E-state index contributed by atoms with van der Waals surface area (Å²) in [5.74, 6) is 0.128. The minimum Gasteiger partial charge on any atom is -0.432 e. The Morgan fingerprint density at radius 3 is 2.72 bits per heavy atom. The van der Waals surface area contributed by atoms with Crippen LogP contribution in [0.4, 0.5) is 0 Å². The van der Waals surface area contributed by atoms with E-state index < -0.39 is 8.32 Å². The van der Waals surface area contributed by atoms with E-state index in [1.165, 1.54) is 4.68 Å². The highest BCUT2D eigenvalue weighted by Gasteiger charge is 2.50. The predicted molar refractivity (Wildman–Crippen MR) is 153 cm³/mol. The van der Waals surface area contributed by atoms with Gasteiger partial charge >= 0.3 is 0 Å². The molecule has 2 N–H and O–H groups in total. The van der Waals surface area contributed by atoms with Crippen molar-refractivity contribution >= 4 is 25.0 Å². The lowest BCUT2D eigenvalue weighted by atomic mass is 9.95. The van der Waals surface area contributed by atoms with Crippen molar-refractivity contribution in [3.63, 3.8) is 0 Å². The zero-order valence-corrected chi connectivity index (χ0v) is 24.0. The molecule has 0 bridgehead atoms. The molecular weight excluding hydrogens is 510 g/mol. The third-order valence-corrected chi connectivity index (χ3v) is 11.1. The highest BCUT2D eigenvalue weighted by molar-refractivity contribution is 6.71. The van der Waals surface area contributed by atoms with Crippen LogP contribution in [0, 0.1) is 5.92 Å². The average Bonchev–Trinajstić information content (AvgIpc) is 3.52. The van der Waals surface area contributed by atoms with Crippen molar-refractivity contribution in [1.82, 2.24) is 14.7 Å². The van der Waals surface area contributed by atoms with E-state index in [4.69, 9.17) is 4.74 Å². The van der Waals surface area contributed by atoms with Crippen molar-refractivity contribution in [2.24, 2.45) is 5.92 Å². The summed E-state index contributed by atoms with van der Waals surface area (Å²) < 4.78 is 7.95. The van der Waals surface area contributed by atoms with Crippen LogP contribution >= 0.6 is 0 Å². The normalized spacial score (nSPS) is 25.5. The summed E-state index contributed by atoms with van der Waals surface area (Å²) in [7, 11) is -2.61. The Bertz CT molecular complexity index is 1390. The lowest BCUT2D eigenvalue weighted by Crippen LogP contribution is -2.43. The van der Waals surface area contributed by atoms with E-state index in [2.05, 4.69) is 12.0 Å². The van der Waals surface area contributed by atoms with Crippen LogP contribution < -0.4 is 5.56 Å². The monoisotopic (exact) mass is 549 g/mol. The number of fused-ring (bicyclic) bond motifs is 1. The van der Waals surface area contributed by atoms with Crippen molar-refractivity contribution in [3.05, 3.63) is 70.6 Å². The minimum absolute atomic E-state index is 0.00804. The number of carbonyl (C=O) groups is 1. The van der Waals surface area contributed by atoms with E-state index in [-0.39, 0.29) is 54.2 Å². The maximum absolute atomic E-state index is 13.2. The third kappa shape index (κ3) is 5.72. The quantitative estimate of drug-likeness (QED) is 0.416. The number of aliphatic hydroxyl groups excluding tert-OH is 1. The van der Waals surface area contributed by atoms with Crippen molar-refractivity contribution < 1.29 is 19.4 Å². The maximum Gasteiger partial charge on any atom is 0.279 e.